The second kappa shape index (κ2) is 7.62. The molecule has 1 aromatic rings. The Morgan fingerprint density at radius 1 is 1.48 bits per heavy atom. The van der Waals surface area contributed by atoms with E-state index in [9.17, 15) is 9.00 Å². The molecule has 0 aliphatic carbocycles. The van der Waals surface area contributed by atoms with Gasteiger partial charge in [-0.15, -0.1) is 0 Å². The number of nitrogens with zero attached hydrogens (tertiary/aromatic N) is 2. The summed E-state index contributed by atoms with van der Waals surface area (Å²) < 4.78 is 17.6. The molecule has 2 rings (SSSR count). The summed E-state index contributed by atoms with van der Waals surface area (Å²) in [7, 11) is -0.977. The van der Waals surface area contributed by atoms with Gasteiger partial charge in [0.15, 0.2) is 0 Å². The van der Waals surface area contributed by atoms with Crippen molar-refractivity contribution in [2.45, 2.75) is 38.5 Å². The number of hydrogen-bond acceptors (Lipinski definition) is 4. The van der Waals surface area contributed by atoms with Crippen LogP contribution in [0.3, 0.4) is 0 Å². The molecule has 128 valence electrons. The first-order valence-corrected chi connectivity index (χ1v) is 9.53. The van der Waals surface area contributed by atoms with Gasteiger partial charge in [-0.3, -0.25) is 4.21 Å². The van der Waals surface area contributed by atoms with E-state index in [1.54, 1.807) is 17.2 Å². The van der Waals surface area contributed by atoms with E-state index in [-0.39, 0.29) is 12.0 Å². The third-order valence-electron chi connectivity index (χ3n) is 3.48. The van der Waals surface area contributed by atoms with Gasteiger partial charge in [-0.2, -0.15) is 0 Å². The summed E-state index contributed by atoms with van der Waals surface area (Å²) in [5.41, 5.74) is 0.425. The van der Waals surface area contributed by atoms with Gasteiger partial charge in [0.2, 0.25) is 0 Å². The molecule has 1 aromatic heterocycles. The molecule has 0 N–H and O–H groups in total. The number of ether oxygens (including phenoxy) is 1. The monoisotopic (exact) mass is 358 g/mol. The highest BCUT2D eigenvalue weighted by Gasteiger charge is 2.30. The zero-order valence-corrected chi connectivity index (χ0v) is 15.3. The number of amides is 1. The van der Waals surface area contributed by atoms with Crippen LogP contribution in [0.2, 0.25) is 5.15 Å². The van der Waals surface area contributed by atoms with Crippen molar-refractivity contribution in [3.05, 3.63) is 29.0 Å². The molecular formula is C16H23ClN2O3S. The molecule has 0 radical (unpaired) electrons. The molecule has 0 saturated carbocycles. The van der Waals surface area contributed by atoms with E-state index in [0.717, 1.165) is 12.0 Å². The number of carbonyl (C=O) groups excluding carboxylic acids is 1. The van der Waals surface area contributed by atoms with E-state index in [2.05, 4.69) is 4.98 Å². The third-order valence-corrected chi connectivity index (χ3v) is 5.20. The van der Waals surface area contributed by atoms with E-state index in [4.69, 9.17) is 16.3 Å². The molecule has 1 aliphatic rings. The molecule has 0 aromatic carbocycles. The van der Waals surface area contributed by atoms with Crippen molar-refractivity contribution in [2.24, 2.45) is 5.92 Å². The average Bonchev–Trinajstić information content (AvgIpc) is 2.88. The highest BCUT2D eigenvalue weighted by atomic mass is 35.5. The van der Waals surface area contributed by atoms with Gasteiger partial charge in [0.1, 0.15) is 10.8 Å². The third kappa shape index (κ3) is 6.11. The molecule has 0 bridgehead atoms. The quantitative estimate of drug-likeness (QED) is 0.775. The Balaban J connectivity index is 1.79. The highest BCUT2D eigenvalue weighted by Crippen LogP contribution is 2.21. The second-order valence-electron chi connectivity index (χ2n) is 6.82. The van der Waals surface area contributed by atoms with Crippen LogP contribution in [0.5, 0.6) is 0 Å². The summed E-state index contributed by atoms with van der Waals surface area (Å²) in [5.74, 6) is 1.30. The van der Waals surface area contributed by atoms with Crippen LogP contribution in [0.1, 0.15) is 32.8 Å². The van der Waals surface area contributed by atoms with E-state index >= 15 is 0 Å². The summed E-state index contributed by atoms with van der Waals surface area (Å²) in [6.07, 6.45) is 2.24. The van der Waals surface area contributed by atoms with Crippen LogP contribution in [-0.2, 0) is 21.3 Å². The zero-order valence-electron chi connectivity index (χ0n) is 13.8. The summed E-state index contributed by atoms with van der Waals surface area (Å²) in [6, 6.07) is 3.54. The first kappa shape index (κ1) is 18.2. The number of rotatable bonds is 4. The molecule has 23 heavy (non-hydrogen) atoms. The molecule has 2 heterocycles. The lowest BCUT2D eigenvalue weighted by Gasteiger charge is -2.24. The van der Waals surface area contributed by atoms with Gasteiger partial charge in [0, 0.05) is 35.8 Å². The minimum Gasteiger partial charge on any atom is -0.444 e. The minimum atomic E-state index is -0.977. The van der Waals surface area contributed by atoms with Crippen LogP contribution in [0, 0.1) is 5.92 Å². The standard InChI is InChI=1S/C16H23ClN2O3S/c1-16(2,3)22-15(20)19-7-6-13(9-19)11-23(21)10-12-4-5-14(17)18-8-12/h4-5,8,13H,6-7,9-11H2,1-3H3/t13-,23+/m1/s1. The zero-order chi connectivity index (χ0) is 17.0. The van der Waals surface area contributed by atoms with E-state index in [1.807, 2.05) is 26.8 Å². The van der Waals surface area contributed by atoms with Crippen molar-refractivity contribution < 1.29 is 13.7 Å². The van der Waals surface area contributed by atoms with Gasteiger partial charge >= 0.3 is 6.09 Å². The van der Waals surface area contributed by atoms with Gasteiger partial charge in [-0.05, 0) is 44.7 Å². The summed E-state index contributed by atoms with van der Waals surface area (Å²) in [4.78, 5) is 17.7. The van der Waals surface area contributed by atoms with Crippen LogP contribution in [-0.4, -0.2) is 44.6 Å². The molecule has 1 amide bonds. The summed E-state index contributed by atoms with van der Waals surface area (Å²) >= 11 is 5.74. The maximum absolute atomic E-state index is 12.3. The first-order valence-electron chi connectivity index (χ1n) is 7.66. The van der Waals surface area contributed by atoms with E-state index < -0.39 is 16.4 Å². The van der Waals surface area contributed by atoms with Crippen molar-refractivity contribution in [1.82, 2.24) is 9.88 Å². The molecule has 0 unspecified atom stereocenters. The predicted molar refractivity (Wildman–Crippen MR) is 91.9 cm³/mol. The second-order valence-corrected chi connectivity index (χ2v) is 8.71. The average molecular weight is 359 g/mol. The molecule has 1 aliphatic heterocycles. The van der Waals surface area contributed by atoms with Crippen LogP contribution in [0.25, 0.3) is 0 Å². The lowest BCUT2D eigenvalue weighted by Crippen LogP contribution is -2.35. The van der Waals surface area contributed by atoms with Crippen molar-refractivity contribution in [3.63, 3.8) is 0 Å². The van der Waals surface area contributed by atoms with Gasteiger partial charge in [0.25, 0.3) is 0 Å². The van der Waals surface area contributed by atoms with E-state index in [1.165, 1.54) is 0 Å². The molecule has 2 atom stereocenters. The first-order chi connectivity index (χ1) is 10.7. The number of halogens is 1. The van der Waals surface area contributed by atoms with Crippen LogP contribution < -0.4 is 0 Å². The molecule has 1 saturated heterocycles. The molecular weight excluding hydrogens is 336 g/mol. The van der Waals surface area contributed by atoms with Crippen molar-refractivity contribution in [1.29, 1.82) is 0 Å². The van der Waals surface area contributed by atoms with Crippen LogP contribution >= 0.6 is 11.6 Å². The smallest absolute Gasteiger partial charge is 0.410 e. The molecule has 0 spiro atoms. The summed E-state index contributed by atoms with van der Waals surface area (Å²) in [5, 5.41) is 0.434. The number of likely N-dealkylation sites (tertiary alicyclic amines) is 1. The van der Waals surface area contributed by atoms with Crippen molar-refractivity contribution in [2.75, 3.05) is 18.8 Å². The fourth-order valence-corrected chi connectivity index (χ4v) is 4.03. The maximum atomic E-state index is 12.3. The van der Waals surface area contributed by atoms with Crippen LogP contribution in [0.4, 0.5) is 4.79 Å². The normalized spacial score (nSPS) is 19.7. The number of hydrogen-bond donors (Lipinski definition) is 0. The lowest BCUT2D eigenvalue weighted by molar-refractivity contribution is 0.0289. The number of pyridine rings is 1. The van der Waals surface area contributed by atoms with Gasteiger partial charge in [-0.25, -0.2) is 9.78 Å². The maximum Gasteiger partial charge on any atom is 0.410 e. The topological polar surface area (TPSA) is 59.5 Å². The van der Waals surface area contributed by atoms with Crippen molar-refractivity contribution >= 4 is 28.5 Å². The fourth-order valence-electron chi connectivity index (χ4n) is 2.46. The Morgan fingerprint density at radius 3 is 2.83 bits per heavy atom. The van der Waals surface area contributed by atoms with Gasteiger partial charge in [-0.1, -0.05) is 17.7 Å². The molecule has 7 heteroatoms. The summed E-state index contributed by atoms with van der Waals surface area (Å²) in [6.45, 7) is 6.84. The Labute approximate surface area is 144 Å². The SMILES string of the molecule is CC(C)(C)OC(=O)N1CC[C@@H](C[S@@](=O)Cc2ccc(Cl)nc2)C1. The Hall–Kier alpha value is -1.14. The van der Waals surface area contributed by atoms with Crippen LogP contribution in [0.15, 0.2) is 18.3 Å². The number of aromatic nitrogens is 1. The van der Waals surface area contributed by atoms with Gasteiger partial charge < -0.3 is 9.64 Å². The largest absolute Gasteiger partial charge is 0.444 e. The number of carbonyl (C=O) groups is 1. The Bertz CT molecular complexity index is 572. The fraction of sp³-hybridized carbons (Fsp3) is 0.625. The highest BCUT2D eigenvalue weighted by molar-refractivity contribution is 7.84. The molecule has 1 fully saturated rings. The Morgan fingerprint density at radius 2 is 2.22 bits per heavy atom. The predicted octanol–water partition coefficient (Wildman–Crippen LogP) is 3.24. The van der Waals surface area contributed by atoms with E-state index in [0.29, 0.717) is 29.7 Å². The lowest BCUT2D eigenvalue weighted by atomic mass is 10.2. The molecule has 5 nitrogen and oxygen atoms in total. The van der Waals surface area contributed by atoms with Crippen molar-refractivity contribution in [3.8, 4) is 0 Å². The minimum absolute atomic E-state index is 0.253. The van der Waals surface area contributed by atoms with Gasteiger partial charge in [0.05, 0.1) is 5.75 Å². The Kier molecular flexibility index (Phi) is 6.03.